The third kappa shape index (κ3) is 6.13. The Morgan fingerprint density at radius 3 is 2.45 bits per heavy atom. The molecule has 1 aromatic heterocycles. The molecule has 0 spiro atoms. The van der Waals surface area contributed by atoms with Gasteiger partial charge in [-0.25, -0.2) is 14.8 Å². The molecule has 2 aromatic carbocycles. The van der Waals surface area contributed by atoms with E-state index in [2.05, 4.69) is 26.1 Å². The maximum atomic E-state index is 12.2. The van der Waals surface area contributed by atoms with E-state index in [-0.39, 0.29) is 36.1 Å². The number of hydrogen-bond acceptors (Lipinski definition) is 10. The van der Waals surface area contributed by atoms with E-state index in [1.807, 2.05) is 0 Å². The Morgan fingerprint density at radius 2 is 1.73 bits per heavy atom. The van der Waals surface area contributed by atoms with Gasteiger partial charge in [-0.15, -0.1) is 0 Å². The first kappa shape index (κ1) is 22.9. The number of esters is 1. The van der Waals surface area contributed by atoms with Crippen LogP contribution in [0.1, 0.15) is 17.3 Å². The van der Waals surface area contributed by atoms with Crippen molar-refractivity contribution in [2.24, 2.45) is 0 Å². The fourth-order valence-corrected chi connectivity index (χ4v) is 2.67. The third-order valence-electron chi connectivity index (χ3n) is 4.11. The van der Waals surface area contributed by atoms with E-state index in [0.717, 1.165) is 6.33 Å². The van der Waals surface area contributed by atoms with Crippen molar-refractivity contribution in [1.82, 2.24) is 15.4 Å². The van der Waals surface area contributed by atoms with Gasteiger partial charge in [0.1, 0.15) is 12.1 Å². The van der Waals surface area contributed by atoms with Gasteiger partial charge in [-0.05, 0) is 31.2 Å². The smallest absolute Gasteiger partial charge is 0.355 e. The molecule has 0 atom stereocenters. The Morgan fingerprint density at radius 1 is 1.03 bits per heavy atom. The Bertz CT molecular complexity index is 1140. The van der Waals surface area contributed by atoms with Crippen LogP contribution in [0.5, 0.6) is 5.75 Å². The second-order valence-electron chi connectivity index (χ2n) is 6.34. The Balaban J connectivity index is 1.75. The number of nitro groups is 1. The lowest BCUT2D eigenvalue weighted by molar-refractivity contribution is -0.383. The summed E-state index contributed by atoms with van der Waals surface area (Å²) in [5, 5.41) is 14.5. The topological polar surface area (TPSA) is 158 Å². The maximum absolute atomic E-state index is 12.2. The van der Waals surface area contributed by atoms with E-state index in [1.54, 1.807) is 55.5 Å². The first-order valence-corrected chi connectivity index (χ1v) is 9.74. The summed E-state index contributed by atoms with van der Waals surface area (Å²) in [4.78, 5) is 43.0. The van der Waals surface area contributed by atoms with Gasteiger partial charge in [-0.3, -0.25) is 25.8 Å². The van der Waals surface area contributed by atoms with E-state index in [9.17, 15) is 19.7 Å². The van der Waals surface area contributed by atoms with Gasteiger partial charge in [0.25, 0.3) is 5.91 Å². The van der Waals surface area contributed by atoms with Crippen molar-refractivity contribution in [3.8, 4) is 5.75 Å². The quantitative estimate of drug-likeness (QED) is 0.237. The molecule has 0 aliphatic rings. The zero-order chi connectivity index (χ0) is 23.6. The highest BCUT2D eigenvalue weighted by molar-refractivity contribution is 5.97. The van der Waals surface area contributed by atoms with E-state index < -0.39 is 22.5 Å². The lowest BCUT2D eigenvalue weighted by Crippen LogP contribution is -2.34. The van der Waals surface area contributed by atoms with Gasteiger partial charge >= 0.3 is 11.7 Å². The number of hydrazine groups is 1. The monoisotopic (exact) mass is 452 g/mol. The van der Waals surface area contributed by atoms with Crippen molar-refractivity contribution in [1.29, 1.82) is 0 Å². The Labute approximate surface area is 188 Å². The predicted octanol–water partition coefficient (Wildman–Crippen LogP) is 2.83. The highest BCUT2D eigenvalue weighted by Crippen LogP contribution is 2.31. The van der Waals surface area contributed by atoms with Crippen LogP contribution in [0.15, 0.2) is 60.9 Å². The largest absolute Gasteiger partial charge is 0.484 e. The summed E-state index contributed by atoms with van der Waals surface area (Å²) < 4.78 is 10.3. The minimum atomic E-state index is -0.718. The van der Waals surface area contributed by atoms with Gasteiger partial charge in [0, 0.05) is 0 Å². The SMILES string of the molecule is CCOC(=O)c1ccccc1Nc1ncnc(NNC(=O)COc2ccccc2)c1[N+](=O)[O-]. The van der Waals surface area contributed by atoms with Crippen LogP contribution in [0.3, 0.4) is 0 Å². The van der Waals surface area contributed by atoms with Gasteiger partial charge < -0.3 is 14.8 Å². The predicted molar refractivity (Wildman–Crippen MR) is 118 cm³/mol. The number of para-hydroxylation sites is 2. The fraction of sp³-hybridized carbons (Fsp3) is 0.143. The fourth-order valence-electron chi connectivity index (χ4n) is 2.67. The summed E-state index contributed by atoms with van der Waals surface area (Å²) in [6, 6.07) is 15.0. The first-order chi connectivity index (χ1) is 16.0. The molecule has 0 aliphatic carbocycles. The molecule has 3 aromatic rings. The molecule has 0 radical (unpaired) electrons. The van der Waals surface area contributed by atoms with Crippen LogP contribution in [-0.2, 0) is 9.53 Å². The number of aromatic nitrogens is 2. The molecule has 3 N–H and O–H groups in total. The molecule has 0 aliphatic heterocycles. The van der Waals surface area contributed by atoms with E-state index in [1.165, 1.54) is 6.07 Å². The summed E-state index contributed by atoms with van der Waals surface area (Å²) in [7, 11) is 0. The molecular weight excluding hydrogens is 432 g/mol. The number of benzene rings is 2. The Kier molecular flexibility index (Phi) is 7.67. The van der Waals surface area contributed by atoms with Crippen molar-refractivity contribution >= 4 is 34.9 Å². The van der Waals surface area contributed by atoms with E-state index >= 15 is 0 Å². The van der Waals surface area contributed by atoms with Gasteiger partial charge in [0.15, 0.2) is 6.61 Å². The molecule has 0 saturated carbocycles. The summed E-state index contributed by atoms with van der Waals surface area (Å²) >= 11 is 0. The number of nitrogens with zero attached hydrogens (tertiary/aromatic N) is 3. The highest BCUT2D eigenvalue weighted by Gasteiger charge is 2.25. The van der Waals surface area contributed by atoms with Gasteiger partial charge in [0.05, 0.1) is 22.8 Å². The number of carbonyl (C=O) groups is 2. The van der Waals surface area contributed by atoms with Crippen molar-refractivity contribution in [3.05, 3.63) is 76.6 Å². The summed E-state index contributed by atoms with van der Waals surface area (Å²) in [5.41, 5.74) is 4.59. The van der Waals surface area contributed by atoms with Crippen LogP contribution in [0.2, 0.25) is 0 Å². The zero-order valence-corrected chi connectivity index (χ0v) is 17.5. The number of rotatable bonds is 10. The number of amides is 1. The number of anilines is 3. The van der Waals surface area contributed by atoms with Crippen LogP contribution in [0.25, 0.3) is 0 Å². The standard InChI is InChI=1S/C21H20N6O6/c1-2-32-21(29)15-10-6-7-11-16(15)24-19-18(27(30)31)20(23-13-22-19)26-25-17(28)12-33-14-8-4-3-5-9-14/h3-11,13H,2,12H2,1H3,(H,25,28)(H2,22,23,24,26). The molecule has 0 saturated heterocycles. The van der Waals surface area contributed by atoms with Gasteiger partial charge in [-0.1, -0.05) is 30.3 Å². The minimum absolute atomic E-state index is 0.169. The van der Waals surface area contributed by atoms with Crippen LogP contribution in [0, 0.1) is 10.1 Å². The summed E-state index contributed by atoms with van der Waals surface area (Å²) in [5.74, 6) is -1.15. The van der Waals surface area contributed by atoms with Gasteiger partial charge in [-0.2, -0.15) is 0 Å². The molecule has 1 amide bonds. The molecule has 1 heterocycles. The van der Waals surface area contributed by atoms with Crippen molar-refractivity contribution in [2.75, 3.05) is 24.0 Å². The Hall–Kier alpha value is -4.74. The molecule has 3 rings (SSSR count). The van der Waals surface area contributed by atoms with Crippen molar-refractivity contribution < 1.29 is 24.0 Å². The highest BCUT2D eigenvalue weighted by atomic mass is 16.6. The average molecular weight is 452 g/mol. The minimum Gasteiger partial charge on any atom is -0.484 e. The normalized spacial score (nSPS) is 10.1. The summed E-state index contributed by atoms with van der Waals surface area (Å²) in [6.45, 7) is 1.51. The average Bonchev–Trinajstić information content (AvgIpc) is 2.82. The lowest BCUT2D eigenvalue weighted by Gasteiger charge is -2.13. The molecule has 0 unspecified atom stereocenters. The molecular formula is C21H20N6O6. The second kappa shape index (κ2) is 11.0. The van der Waals surface area contributed by atoms with Crippen molar-refractivity contribution in [2.45, 2.75) is 6.92 Å². The number of ether oxygens (including phenoxy) is 2. The molecule has 0 bridgehead atoms. The molecule has 12 heteroatoms. The van der Waals surface area contributed by atoms with Crippen molar-refractivity contribution in [3.63, 3.8) is 0 Å². The third-order valence-corrected chi connectivity index (χ3v) is 4.11. The van der Waals surface area contributed by atoms with Crippen LogP contribution < -0.4 is 20.9 Å². The van der Waals surface area contributed by atoms with Crippen LogP contribution in [0.4, 0.5) is 23.0 Å². The first-order valence-electron chi connectivity index (χ1n) is 9.74. The van der Waals surface area contributed by atoms with E-state index in [4.69, 9.17) is 9.47 Å². The van der Waals surface area contributed by atoms with Gasteiger partial charge in [0.2, 0.25) is 11.6 Å². The lowest BCUT2D eigenvalue weighted by atomic mass is 10.2. The zero-order valence-electron chi connectivity index (χ0n) is 17.5. The number of carbonyl (C=O) groups excluding carboxylic acids is 2. The molecule has 170 valence electrons. The van der Waals surface area contributed by atoms with Crippen LogP contribution in [-0.4, -0.2) is 40.0 Å². The molecule has 12 nitrogen and oxygen atoms in total. The number of nitrogens with one attached hydrogen (secondary N) is 3. The molecule has 0 fully saturated rings. The second-order valence-corrected chi connectivity index (χ2v) is 6.34. The maximum Gasteiger partial charge on any atom is 0.355 e. The van der Waals surface area contributed by atoms with E-state index in [0.29, 0.717) is 5.75 Å². The molecule has 33 heavy (non-hydrogen) atoms. The summed E-state index contributed by atoms with van der Waals surface area (Å²) in [6.07, 6.45) is 1.07. The number of hydrogen-bond donors (Lipinski definition) is 3. The van der Waals surface area contributed by atoms with Crippen LogP contribution >= 0.6 is 0 Å².